The van der Waals surface area contributed by atoms with Gasteiger partial charge in [-0.1, -0.05) is 24.3 Å². The van der Waals surface area contributed by atoms with E-state index in [1.165, 1.54) is 0 Å². The Balaban J connectivity index is 1.91. The van der Waals surface area contributed by atoms with Crippen molar-refractivity contribution in [2.45, 2.75) is 39.3 Å². The molecule has 0 spiro atoms. The number of rotatable bonds is 5. The average molecular weight is 379 g/mol. The molecule has 0 aliphatic heterocycles. The minimum absolute atomic E-state index is 0.0322. The van der Waals surface area contributed by atoms with Crippen molar-refractivity contribution in [3.8, 4) is 6.07 Å². The molecule has 2 rings (SSSR count). The first-order valence-electron chi connectivity index (χ1n) is 8.98. The van der Waals surface area contributed by atoms with Crippen molar-refractivity contribution in [2.24, 2.45) is 0 Å². The third-order valence-electron chi connectivity index (χ3n) is 3.86. The maximum Gasteiger partial charge on any atom is 0.412 e. The van der Waals surface area contributed by atoms with Crippen LogP contribution in [0.15, 0.2) is 48.5 Å². The van der Waals surface area contributed by atoms with Crippen LogP contribution in [-0.4, -0.2) is 29.5 Å². The van der Waals surface area contributed by atoms with Crippen molar-refractivity contribution >= 4 is 17.7 Å². The number of anilines is 1. The van der Waals surface area contributed by atoms with Crippen LogP contribution in [0.4, 0.5) is 10.5 Å². The van der Waals surface area contributed by atoms with E-state index in [1.54, 1.807) is 69.1 Å². The van der Waals surface area contributed by atoms with E-state index in [0.29, 0.717) is 17.8 Å². The second-order valence-corrected chi connectivity index (χ2v) is 7.56. The lowest BCUT2D eigenvalue weighted by Gasteiger charge is -2.20. The fourth-order valence-electron chi connectivity index (χ4n) is 2.54. The van der Waals surface area contributed by atoms with Crippen molar-refractivity contribution in [1.29, 1.82) is 5.26 Å². The Morgan fingerprint density at radius 3 is 2.39 bits per heavy atom. The van der Waals surface area contributed by atoms with Crippen molar-refractivity contribution in [2.75, 3.05) is 12.4 Å². The van der Waals surface area contributed by atoms with E-state index in [1.807, 2.05) is 12.1 Å². The molecule has 28 heavy (non-hydrogen) atoms. The second kappa shape index (κ2) is 9.05. The number of carbonyl (C=O) groups is 2. The smallest absolute Gasteiger partial charge is 0.412 e. The average Bonchev–Trinajstić information content (AvgIpc) is 2.61. The number of carbonyl (C=O) groups excluding carboxylic acids is 2. The fourth-order valence-corrected chi connectivity index (χ4v) is 2.54. The van der Waals surface area contributed by atoms with Crippen LogP contribution >= 0.6 is 0 Å². The van der Waals surface area contributed by atoms with Gasteiger partial charge in [0.15, 0.2) is 0 Å². The van der Waals surface area contributed by atoms with E-state index in [-0.39, 0.29) is 12.3 Å². The predicted molar refractivity (Wildman–Crippen MR) is 108 cm³/mol. The van der Waals surface area contributed by atoms with Crippen molar-refractivity contribution in [1.82, 2.24) is 4.90 Å². The van der Waals surface area contributed by atoms with Crippen LogP contribution in [0.1, 0.15) is 37.5 Å². The third-order valence-corrected chi connectivity index (χ3v) is 3.86. The molecule has 0 heterocycles. The standard InChI is InChI=1S/C22H25N3O3/c1-22(2,3)28-21(27)24-19-10-8-16(9-11-19)13-20(26)25(4)15-18-7-5-6-17(12-18)14-23/h5-12H,13,15H2,1-4H3,(H,24,27). The van der Waals surface area contributed by atoms with Gasteiger partial charge in [0.2, 0.25) is 5.91 Å². The highest BCUT2D eigenvalue weighted by atomic mass is 16.6. The zero-order valence-corrected chi connectivity index (χ0v) is 16.7. The summed E-state index contributed by atoms with van der Waals surface area (Å²) in [6.45, 7) is 5.84. The number of likely N-dealkylation sites (N-methyl/N-ethyl adjacent to an activating group) is 1. The topological polar surface area (TPSA) is 82.4 Å². The molecule has 6 nitrogen and oxygen atoms in total. The zero-order valence-electron chi connectivity index (χ0n) is 16.7. The Bertz CT molecular complexity index is 877. The monoisotopic (exact) mass is 379 g/mol. The Hall–Kier alpha value is -3.33. The highest BCUT2D eigenvalue weighted by Crippen LogP contribution is 2.14. The summed E-state index contributed by atoms with van der Waals surface area (Å²) in [5.41, 5.74) is 2.37. The van der Waals surface area contributed by atoms with E-state index in [2.05, 4.69) is 11.4 Å². The maximum absolute atomic E-state index is 12.5. The van der Waals surface area contributed by atoms with E-state index < -0.39 is 11.7 Å². The fraction of sp³-hybridized carbons (Fsp3) is 0.318. The molecule has 0 radical (unpaired) electrons. The Kier molecular flexibility index (Phi) is 6.78. The lowest BCUT2D eigenvalue weighted by atomic mass is 10.1. The summed E-state index contributed by atoms with van der Waals surface area (Å²) in [6.07, 6.45) is -0.267. The highest BCUT2D eigenvalue weighted by Gasteiger charge is 2.16. The normalized spacial score (nSPS) is 10.7. The molecule has 2 aromatic rings. The van der Waals surface area contributed by atoms with Crippen molar-refractivity contribution < 1.29 is 14.3 Å². The lowest BCUT2D eigenvalue weighted by molar-refractivity contribution is -0.129. The van der Waals surface area contributed by atoms with Crippen LogP contribution in [-0.2, 0) is 22.5 Å². The molecule has 0 aliphatic carbocycles. The lowest BCUT2D eigenvalue weighted by Crippen LogP contribution is -2.28. The summed E-state index contributed by atoms with van der Waals surface area (Å²) in [5.74, 6) is -0.0322. The molecule has 0 bridgehead atoms. The number of nitriles is 1. The zero-order chi connectivity index (χ0) is 20.7. The first-order chi connectivity index (χ1) is 13.2. The van der Waals surface area contributed by atoms with Gasteiger partial charge in [-0.2, -0.15) is 5.26 Å². The van der Waals surface area contributed by atoms with Gasteiger partial charge in [-0.05, 0) is 56.2 Å². The molecular weight excluding hydrogens is 354 g/mol. The first kappa shape index (κ1) is 21.0. The molecule has 2 amide bonds. The highest BCUT2D eigenvalue weighted by molar-refractivity contribution is 5.85. The summed E-state index contributed by atoms with van der Waals surface area (Å²) in [7, 11) is 1.74. The van der Waals surface area contributed by atoms with Gasteiger partial charge in [-0.15, -0.1) is 0 Å². The molecule has 0 saturated carbocycles. The maximum atomic E-state index is 12.5. The summed E-state index contributed by atoms with van der Waals surface area (Å²) < 4.78 is 5.21. The molecule has 146 valence electrons. The molecule has 6 heteroatoms. The molecule has 0 aromatic heterocycles. The SMILES string of the molecule is CN(Cc1cccc(C#N)c1)C(=O)Cc1ccc(NC(=O)OC(C)(C)C)cc1. The van der Waals surface area contributed by atoms with Crippen molar-refractivity contribution in [3.05, 3.63) is 65.2 Å². The molecular formula is C22H25N3O3. The summed E-state index contributed by atoms with van der Waals surface area (Å²) in [4.78, 5) is 25.9. The molecule has 1 N–H and O–H groups in total. The van der Waals surface area contributed by atoms with Gasteiger partial charge in [0, 0.05) is 19.3 Å². The number of ether oxygens (including phenoxy) is 1. The number of nitrogens with zero attached hydrogens (tertiary/aromatic N) is 2. The van der Waals surface area contributed by atoms with E-state index in [4.69, 9.17) is 10.00 Å². The number of nitrogens with one attached hydrogen (secondary N) is 1. The molecule has 2 aromatic carbocycles. The third kappa shape index (κ3) is 6.76. The van der Waals surface area contributed by atoms with Crippen LogP contribution in [0.3, 0.4) is 0 Å². The molecule has 0 atom stereocenters. The van der Waals surface area contributed by atoms with Gasteiger partial charge in [0.1, 0.15) is 5.60 Å². The molecule has 0 saturated heterocycles. The number of amides is 2. The second-order valence-electron chi connectivity index (χ2n) is 7.56. The van der Waals surface area contributed by atoms with Gasteiger partial charge in [0.05, 0.1) is 18.1 Å². The van der Waals surface area contributed by atoms with Gasteiger partial charge >= 0.3 is 6.09 Å². The van der Waals surface area contributed by atoms with Crippen LogP contribution in [0, 0.1) is 11.3 Å². The number of hydrogen-bond donors (Lipinski definition) is 1. The largest absolute Gasteiger partial charge is 0.444 e. The molecule has 0 fully saturated rings. The Morgan fingerprint density at radius 2 is 1.79 bits per heavy atom. The molecule has 0 aliphatic rings. The first-order valence-corrected chi connectivity index (χ1v) is 8.98. The van der Waals surface area contributed by atoms with Crippen LogP contribution in [0.25, 0.3) is 0 Å². The van der Waals surface area contributed by atoms with Gasteiger partial charge in [-0.3, -0.25) is 10.1 Å². The van der Waals surface area contributed by atoms with Crippen LogP contribution < -0.4 is 5.32 Å². The summed E-state index contributed by atoms with van der Waals surface area (Å²) in [5, 5.41) is 11.6. The Labute approximate surface area is 165 Å². The Morgan fingerprint density at radius 1 is 1.11 bits per heavy atom. The van der Waals surface area contributed by atoms with Crippen molar-refractivity contribution in [3.63, 3.8) is 0 Å². The summed E-state index contributed by atoms with van der Waals surface area (Å²) >= 11 is 0. The predicted octanol–water partition coefficient (Wildman–Crippen LogP) is 4.11. The van der Waals surface area contributed by atoms with Gasteiger partial charge in [0.25, 0.3) is 0 Å². The molecule has 0 unspecified atom stereocenters. The van der Waals surface area contributed by atoms with Gasteiger partial charge < -0.3 is 9.64 Å². The number of hydrogen-bond acceptors (Lipinski definition) is 4. The quantitative estimate of drug-likeness (QED) is 0.848. The van der Waals surface area contributed by atoms with E-state index >= 15 is 0 Å². The minimum Gasteiger partial charge on any atom is -0.444 e. The van der Waals surface area contributed by atoms with Gasteiger partial charge in [-0.25, -0.2) is 4.79 Å². The minimum atomic E-state index is -0.562. The number of benzene rings is 2. The summed E-state index contributed by atoms with van der Waals surface area (Å²) in [6, 6.07) is 16.4. The van der Waals surface area contributed by atoms with Crippen LogP contribution in [0.2, 0.25) is 0 Å². The van der Waals surface area contributed by atoms with Crippen LogP contribution in [0.5, 0.6) is 0 Å². The van der Waals surface area contributed by atoms with E-state index in [0.717, 1.165) is 11.1 Å². The van der Waals surface area contributed by atoms with E-state index in [9.17, 15) is 9.59 Å².